The van der Waals surface area contributed by atoms with Gasteiger partial charge in [-0.25, -0.2) is 0 Å². The van der Waals surface area contributed by atoms with Gasteiger partial charge in [-0.1, -0.05) is 74.1 Å². The van der Waals surface area contributed by atoms with Crippen LogP contribution >= 0.6 is 0 Å². The Morgan fingerprint density at radius 2 is 1.45 bits per heavy atom. The minimum Gasteiger partial charge on any atom is -0.0628 e. The molecule has 4 aliphatic carbocycles. The molecule has 0 radical (unpaired) electrons. The topological polar surface area (TPSA) is 0 Å². The third-order valence-electron chi connectivity index (χ3n) is 11.7. The van der Waals surface area contributed by atoms with Gasteiger partial charge >= 0.3 is 0 Å². The van der Waals surface area contributed by atoms with Crippen LogP contribution < -0.4 is 0 Å². The van der Waals surface area contributed by atoms with Crippen LogP contribution in [-0.4, -0.2) is 0 Å². The van der Waals surface area contributed by atoms with E-state index in [0.29, 0.717) is 10.8 Å². The molecule has 0 aromatic heterocycles. The molecule has 0 saturated heterocycles. The predicted octanol–water partition coefficient (Wildman–Crippen LogP) is 8.99. The van der Waals surface area contributed by atoms with Crippen molar-refractivity contribution < 1.29 is 0 Å². The lowest BCUT2D eigenvalue weighted by Crippen LogP contribution is -2.58. The maximum Gasteiger partial charge on any atom is -0.0264 e. The molecule has 0 aromatic carbocycles. The van der Waals surface area contributed by atoms with Crippen molar-refractivity contribution >= 4 is 0 Å². The molecule has 0 aliphatic heterocycles. The Labute approximate surface area is 183 Å². The molecule has 0 heteroatoms. The van der Waals surface area contributed by atoms with E-state index in [2.05, 4.69) is 48.5 Å². The average molecular weight is 401 g/mol. The zero-order chi connectivity index (χ0) is 21.0. The van der Waals surface area contributed by atoms with Gasteiger partial charge in [-0.15, -0.1) is 0 Å². The van der Waals surface area contributed by atoms with Crippen molar-refractivity contribution in [2.45, 2.75) is 119 Å². The van der Waals surface area contributed by atoms with Crippen LogP contribution in [0, 0.1) is 64.1 Å². The summed E-state index contributed by atoms with van der Waals surface area (Å²) < 4.78 is 0. The zero-order valence-corrected chi connectivity index (χ0v) is 21.0. The van der Waals surface area contributed by atoms with Gasteiger partial charge in [0.15, 0.2) is 0 Å². The van der Waals surface area contributed by atoms with Gasteiger partial charge < -0.3 is 0 Å². The van der Waals surface area contributed by atoms with E-state index < -0.39 is 0 Å². The fourth-order valence-electron chi connectivity index (χ4n) is 9.78. The van der Waals surface area contributed by atoms with Gasteiger partial charge in [-0.05, 0) is 109 Å². The highest BCUT2D eigenvalue weighted by Gasteiger charge is 2.62. The molecule has 0 amide bonds. The van der Waals surface area contributed by atoms with Gasteiger partial charge in [0, 0.05) is 0 Å². The van der Waals surface area contributed by atoms with Crippen molar-refractivity contribution in [3.63, 3.8) is 0 Å². The van der Waals surface area contributed by atoms with E-state index >= 15 is 0 Å². The maximum atomic E-state index is 2.75. The minimum absolute atomic E-state index is 0.653. The fourth-order valence-corrected chi connectivity index (χ4v) is 9.78. The third kappa shape index (κ3) is 3.65. The largest absolute Gasteiger partial charge is 0.0628 e. The lowest BCUT2D eigenvalue weighted by atomic mass is 9.40. The van der Waals surface area contributed by atoms with E-state index in [1.165, 1.54) is 44.9 Å². The van der Waals surface area contributed by atoms with Crippen molar-refractivity contribution in [2.75, 3.05) is 0 Å². The van der Waals surface area contributed by atoms with Gasteiger partial charge in [0.2, 0.25) is 0 Å². The van der Waals surface area contributed by atoms with E-state index in [1.807, 2.05) is 0 Å². The second-order valence-corrected chi connectivity index (χ2v) is 13.5. The molecule has 4 aliphatic rings. The van der Waals surface area contributed by atoms with Crippen molar-refractivity contribution in [2.24, 2.45) is 64.1 Å². The molecule has 10 atom stereocenters. The molecule has 0 N–H and O–H groups in total. The molecule has 0 nitrogen and oxygen atoms in total. The van der Waals surface area contributed by atoms with Crippen LogP contribution in [0.1, 0.15) is 119 Å². The zero-order valence-electron chi connectivity index (χ0n) is 21.0. The normalized spacial score (nSPS) is 52.1. The highest BCUT2D eigenvalue weighted by atomic mass is 14.7. The Hall–Kier alpha value is 0. The van der Waals surface area contributed by atoms with Crippen LogP contribution in [0.5, 0.6) is 0 Å². The van der Waals surface area contributed by atoms with Crippen LogP contribution in [0.25, 0.3) is 0 Å². The third-order valence-corrected chi connectivity index (χ3v) is 11.7. The van der Waals surface area contributed by atoms with Crippen molar-refractivity contribution in [1.82, 2.24) is 0 Å². The molecule has 29 heavy (non-hydrogen) atoms. The quantitative estimate of drug-likeness (QED) is 0.404. The first-order chi connectivity index (χ1) is 13.7. The highest BCUT2D eigenvalue weighted by molar-refractivity contribution is 5.11. The second kappa shape index (κ2) is 8.16. The summed E-state index contributed by atoms with van der Waals surface area (Å²) in [7, 11) is 0. The number of hydrogen-bond donors (Lipinski definition) is 0. The maximum absolute atomic E-state index is 2.75. The van der Waals surface area contributed by atoms with Crippen LogP contribution in [0.15, 0.2) is 0 Å². The van der Waals surface area contributed by atoms with Crippen molar-refractivity contribution in [1.29, 1.82) is 0 Å². The molecule has 4 rings (SSSR count). The summed E-state index contributed by atoms with van der Waals surface area (Å²) >= 11 is 0. The SMILES string of the molecule is CC(C)CCCCC1CCC2C3C(C)C(C)C4CC(C)CCC4(C)C3CCC12C. The first-order valence-corrected chi connectivity index (χ1v) is 13.7. The number of unbranched alkanes of at least 4 members (excludes halogenated alkanes) is 1. The summed E-state index contributed by atoms with van der Waals surface area (Å²) in [4.78, 5) is 0. The van der Waals surface area contributed by atoms with Gasteiger partial charge in [-0.2, -0.15) is 0 Å². The fraction of sp³-hybridized carbons (Fsp3) is 1.00. The lowest BCUT2D eigenvalue weighted by molar-refractivity contribution is -0.164. The molecule has 168 valence electrons. The lowest BCUT2D eigenvalue weighted by Gasteiger charge is -2.65. The molecule has 4 saturated carbocycles. The first kappa shape index (κ1) is 22.2. The summed E-state index contributed by atoms with van der Waals surface area (Å²) in [6.07, 6.45) is 16.7. The smallest absolute Gasteiger partial charge is 0.0264 e. The van der Waals surface area contributed by atoms with E-state index in [4.69, 9.17) is 0 Å². The van der Waals surface area contributed by atoms with E-state index in [-0.39, 0.29) is 0 Å². The summed E-state index contributed by atoms with van der Waals surface area (Å²) in [6, 6.07) is 0. The molecule has 0 spiro atoms. The molecular weight excluding hydrogens is 348 g/mol. The summed E-state index contributed by atoms with van der Waals surface area (Å²) in [5, 5.41) is 0. The Morgan fingerprint density at radius 1 is 0.759 bits per heavy atom. The molecule has 4 fully saturated rings. The Kier molecular flexibility index (Phi) is 6.25. The van der Waals surface area contributed by atoms with Crippen LogP contribution in [-0.2, 0) is 0 Å². The second-order valence-electron chi connectivity index (χ2n) is 13.5. The minimum atomic E-state index is 0.653. The Morgan fingerprint density at radius 3 is 2.17 bits per heavy atom. The van der Waals surface area contributed by atoms with Crippen LogP contribution in [0.2, 0.25) is 0 Å². The van der Waals surface area contributed by atoms with Gasteiger partial charge in [0.1, 0.15) is 0 Å². The monoisotopic (exact) mass is 400 g/mol. The van der Waals surface area contributed by atoms with E-state index in [0.717, 1.165) is 53.3 Å². The van der Waals surface area contributed by atoms with Crippen molar-refractivity contribution in [3.05, 3.63) is 0 Å². The number of hydrogen-bond acceptors (Lipinski definition) is 0. The van der Waals surface area contributed by atoms with Gasteiger partial charge in [-0.3, -0.25) is 0 Å². The van der Waals surface area contributed by atoms with E-state index in [1.54, 1.807) is 25.7 Å². The Bertz CT molecular complexity index is 562. The first-order valence-electron chi connectivity index (χ1n) is 13.7. The number of fused-ring (bicyclic) bond motifs is 5. The van der Waals surface area contributed by atoms with Crippen LogP contribution in [0.3, 0.4) is 0 Å². The highest BCUT2D eigenvalue weighted by Crippen LogP contribution is 2.70. The summed E-state index contributed by atoms with van der Waals surface area (Å²) in [5.41, 5.74) is 1.32. The van der Waals surface area contributed by atoms with Gasteiger partial charge in [0.25, 0.3) is 0 Å². The molecule has 10 unspecified atom stereocenters. The van der Waals surface area contributed by atoms with Crippen LogP contribution in [0.4, 0.5) is 0 Å². The molecule has 0 heterocycles. The average Bonchev–Trinajstić information content (AvgIpc) is 3.00. The molecule has 0 aromatic rings. The predicted molar refractivity (Wildman–Crippen MR) is 127 cm³/mol. The number of rotatable bonds is 5. The molecule has 0 bridgehead atoms. The Balaban J connectivity index is 1.51. The molecular formula is C29H52. The van der Waals surface area contributed by atoms with Gasteiger partial charge in [0.05, 0.1) is 0 Å². The van der Waals surface area contributed by atoms with Crippen molar-refractivity contribution in [3.8, 4) is 0 Å². The standard InChI is InChI=1S/C29H52/c1-19(2)10-8-9-11-23-12-13-24-27-22(5)21(4)26-18-20(3)14-16-29(26,7)25(27)15-17-28(23,24)6/h19-27H,8-18H2,1-7H3. The van der Waals surface area contributed by atoms with E-state index in [9.17, 15) is 0 Å². The summed E-state index contributed by atoms with van der Waals surface area (Å²) in [5.74, 6) is 8.86. The summed E-state index contributed by atoms with van der Waals surface area (Å²) in [6.45, 7) is 18.2.